The van der Waals surface area contributed by atoms with E-state index in [1.807, 2.05) is 0 Å². The van der Waals surface area contributed by atoms with Gasteiger partial charge in [0.05, 0.1) is 0 Å². The average molecular weight is 443 g/mol. The Balaban J connectivity index is 0.00000450. The summed E-state index contributed by atoms with van der Waals surface area (Å²) in [6.45, 7) is 2.21. The summed E-state index contributed by atoms with van der Waals surface area (Å²) in [6, 6.07) is 10.5. The van der Waals surface area contributed by atoms with Crippen molar-refractivity contribution >= 4 is 10.1 Å². The zero-order chi connectivity index (χ0) is 21.1. The molecule has 0 saturated heterocycles. The second-order valence-electron chi connectivity index (χ2n) is 7.36. The van der Waals surface area contributed by atoms with Crippen LogP contribution in [0, 0.1) is 0 Å². The Morgan fingerprint density at radius 2 is 1.43 bits per heavy atom. The van der Waals surface area contributed by atoms with E-state index in [-0.39, 0.29) is 40.2 Å². The summed E-state index contributed by atoms with van der Waals surface area (Å²) < 4.78 is 39.1. The van der Waals surface area contributed by atoms with Gasteiger partial charge in [-0.1, -0.05) is 76.5 Å². The van der Waals surface area contributed by atoms with Gasteiger partial charge in [0.25, 0.3) is 10.1 Å². The van der Waals surface area contributed by atoms with Crippen LogP contribution in [0.3, 0.4) is 0 Å². The van der Waals surface area contributed by atoms with Crippen LogP contribution >= 0.6 is 0 Å². The molecule has 2 aromatic carbocycles. The van der Waals surface area contributed by atoms with E-state index in [1.165, 1.54) is 56.7 Å². The third-order valence-corrected chi connectivity index (χ3v) is 5.89. The molecule has 5 nitrogen and oxygen atoms in total. The van der Waals surface area contributed by atoms with Gasteiger partial charge in [-0.05, 0) is 37.1 Å². The van der Waals surface area contributed by atoms with E-state index in [0.717, 1.165) is 19.3 Å². The van der Waals surface area contributed by atoms with Crippen LogP contribution in [0.25, 0.3) is 0 Å². The standard InChI is InChI=1S/C23H32O5S.Na/c1-2-3-4-5-6-7-8-9-10-12-21-22(13-11-14-23(21)29(25,26)27)28-20-17-15-19(24)16-18-20;/h11,13-18,24H,2-10,12H2,1H3,(H,25,26,27);/q;+1/p-1. The molecule has 0 aliphatic heterocycles. The summed E-state index contributed by atoms with van der Waals surface area (Å²) in [5.41, 5.74) is 0.476. The van der Waals surface area contributed by atoms with Gasteiger partial charge < -0.3 is 9.84 Å². The van der Waals surface area contributed by atoms with Crippen molar-refractivity contribution in [2.75, 3.05) is 0 Å². The first-order valence-electron chi connectivity index (χ1n) is 10.5. The molecule has 0 radical (unpaired) electrons. The fourth-order valence-electron chi connectivity index (χ4n) is 3.38. The minimum atomic E-state index is -4.35. The van der Waals surface area contributed by atoms with Gasteiger partial charge in [0.2, 0.25) is 0 Å². The van der Waals surface area contributed by atoms with Crippen molar-refractivity contribution in [1.29, 1.82) is 0 Å². The molecule has 1 N–H and O–H groups in total. The summed E-state index contributed by atoms with van der Waals surface area (Å²) >= 11 is 0. The number of hydrogen-bond acceptors (Lipinski definition) is 4. The maximum atomic E-state index is 11.8. The molecule has 160 valence electrons. The number of unbranched alkanes of at least 4 members (excludes halogenated alkanes) is 8. The van der Waals surface area contributed by atoms with Crippen molar-refractivity contribution in [3.8, 4) is 17.2 Å². The zero-order valence-electron chi connectivity index (χ0n) is 18.1. The topological polar surface area (TPSA) is 86.7 Å². The third kappa shape index (κ3) is 9.40. The van der Waals surface area contributed by atoms with Gasteiger partial charge in [0, 0.05) is 5.56 Å². The number of benzene rings is 2. The summed E-state index contributed by atoms with van der Waals surface area (Å²) in [7, 11) is -4.35. The van der Waals surface area contributed by atoms with Crippen molar-refractivity contribution in [3.63, 3.8) is 0 Å². The van der Waals surface area contributed by atoms with Gasteiger partial charge in [-0.3, -0.25) is 4.55 Å². The van der Waals surface area contributed by atoms with Gasteiger partial charge in [0.15, 0.2) is 0 Å². The Kier molecular flexibility index (Phi) is 12.7. The molecule has 0 aliphatic carbocycles. The normalized spacial score (nSPS) is 11.1. The minimum absolute atomic E-state index is 0. The molecule has 0 aliphatic rings. The summed E-state index contributed by atoms with van der Waals surface area (Å²) in [4.78, 5) is -0.116. The average Bonchev–Trinajstić information content (AvgIpc) is 2.68. The van der Waals surface area contributed by atoms with Crippen LogP contribution < -0.4 is 39.4 Å². The first-order chi connectivity index (χ1) is 13.9. The Morgan fingerprint density at radius 1 is 0.867 bits per heavy atom. The fraction of sp³-hybridized carbons (Fsp3) is 0.478. The van der Waals surface area contributed by atoms with E-state index < -0.39 is 10.1 Å². The van der Waals surface area contributed by atoms with Crippen molar-refractivity contribution < 1.29 is 52.4 Å². The first-order valence-corrected chi connectivity index (χ1v) is 11.9. The zero-order valence-corrected chi connectivity index (χ0v) is 20.9. The molecule has 0 aromatic heterocycles. The quantitative estimate of drug-likeness (QED) is 0.293. The minimum Gasteiger partial charge on any atom is -0.872 e. The predicted octanol–water partition coefficient (Wildman–Crippen LogP) is 2.88. The van der Waals surface area contributed by atoms with Gasteiger partial charge in [0.1, 0.15) is 16.4 Å². The smallest absolute Gasteiger partial charge is 0.872 e. The van der Waals surface area contributed by atoms with E-state index in [2.05, 4.69) is 6.92 Å². The maximum Gasteiger partial charge on any atom is 1.00 e. The van der Waals surface area contributed by atoms with Crippen LogP contribution in [0.2, 0.25) is 0 Å². The molecular weight excluding hydrogens is 411 g/mol. The van der Waals surface area contributed by atoms with E-state index in [0.29, 0.717) is 23.5 Å². The Morgan fingerprint density at radius 3 is 2.00 bits per heavy atom. The van der Waals surface area contributed by atoms with Crippen molar-refractivity contribution in [2.45, 2.75) is 76.0 Å². The Hall–Kier alpha value is -1.05. The Bertz CT molecular complexity index is 850. The van der Waals surface area contributed by atoms with Gasteiger partial charge >= 0.3 is 29.6 Å². The van der Waals surface area contributed by atoms with Crippen LogP contribution in [-0.2, 0) is 16.5 Å². The van der Waals surface area contributed by atoms with Crippen LogP contribution in [0.1, 0.15) is 70.3 Å². The predicted molar refractivity (Wildman–Crippen MR) is 113 cm³/mol. The van der Waals surface area contributed by atoms with Crippen molar-refractivity contribution in [2.24, 2.45) is 0 Å². The molecule has 0 unspecified atom stereocenters. The number of ether oxygens (including phenoxy) is 1. The largest absolute Gasteiger partial charge is 1.00 e. The number of hydrogen-bond donors (Lipinski definition) is 1. The first kappa shape index (κ1) is 27.0. The van der Waals surface area contributed by atoms with Crippen LogP contribution in [0.5, 0.6) is 17.2 Å². The van der Waals surface area contributed by atoms with Crippen LogP contribution in [-0.4, -0.2) is 13.0 Å². The molecule has 0 fully saturated rings. The number of rotatable bonds is 13. The molecule has 30 heavy (non-hydrogen) atoms. The van der Waals surface area contributed by atoms with Crippen molar-refractivity contribution in [3.05, 3.63) is 48.0 Å². The molecule has 0 atom stereocenters. The van der Waals surface area contributed by atoms with Crippen molar-refractivity contribution in [1.82, 2.24) is 0 Å². The molecule has 7 heteroatoms. The van der Waals surface area contributed by atoms with Gasteiger partial charge in [-0.2, -0.15) is 8.42 Å². The summed E-state index contributed by atoms with van der Waals surface area (Å²) in [5.74, 6) is 0.711. The fourth-order valence-corrected chi connectivity index (χ4v) is 4.14. The summed E-state index contributed by atoms with van der Waals surface area (Å²) in [5, 5.41) is 11.3. The second kappa shape index (κ2) is 14.1. The Labute approximate surface area is 202 Å². The molecule has 0 spiro atoms. The SMILES string of the molecule is CCCCCCCCCCCc1c(Oc2ccc([O-])cc2)cccc1S(=O)(=O)O.[Na+]. The van der Waals surface area contributed by atoms with E-state index in [4.69, 9.17) is 4.74 Å². The molecule has 0 heterocycles. The molecular formula is C23H31NaO5S. The molecule has 0 amide bonds. The van der Waals surface area contributed by atoms with E-state index in [1.54, 1.807) is 24.3 Å². The summed E-state index contributed by atoms with van der Waals surface area (Å²) in [6.07, 6.45) is 11.0. The van der Waals surface area contributed by atoms with Crippen LogP contribution in [0.15, 0.2) is 47.4 Å². The monoisotopic (exact) mass is 442 g/mol. The maximum absolute atomic E-state index is 11.8. The van der Waals surface area contributed by atoms with E-state index in [9.17, 15) is 18.1 Å². The van der Waals surface area contributed by atoms with E-state index >= 15 is 0 Å². The van der Waals surface area contributed by atoms with Gasteiger partial charge in [-0.25, -0.2) is 0 Å². The second-order valence-corrected chi connectivity index (χ2v) is 8.75. The van der Waals surface area contributed by atoms with Gasteiger partial charge in [-0.15, -0.1) is 5.75 Å². The molecule has 2 aromatic rings. The molecule has 0 bridgehead atoms. The molecule has 2 rings (SSSR count). The third-order valence-electron chi connectivity index (χ3n) is 4.95. The molecule has 0 saturated carbocycles. The van der Waals surface area contributed by atoms with Crippen LogP contribution in [0.4, 0.5) is 0 Å².